The first-order chi connectivity index (χ1) is 18.7. The van der Waals surface area contributed by atoms with Crippen LogP contribution in [0.3, 0.4) is 0 Å². The van der Waals surface area contributed by atoms with Crippen molar-refractivity contribution < 1.29 is 22.4 Å². The minimum atomic E-state index is -3.87. The van der Waals surface area contributed by atoms with Crippen molar-refractivity contribution in [1.29, 1.82) is 0 Å². The predicted octanol–water partition coefficient (Wildman–Crippen LogP) is 2.23. The molecule has 3 aliphatic rings. The molecule has 4 heterocycles. The Bertz CT molecular complexity index is 1530. The van der Waals surface area contributed by atoms with Crippen LogP contribution in [0, 0.1) is 5.92 Å². The molecule has 0 radical (unpaired) electrons. The van der Waals surface area contributed by atoms with E-state index in [1.54, 1.807) is 29.2 Å². The van der Waals surface area contributed by atoms with Crippen LogP contribution in [0.5, 0.6) is 0 Å². The van der Waals surface area contributed by atoms with Crippen LogP contribution in [-0.4, -0.2) is 90.1 Å². The van der Waals surface area contributed by atoms with Gasteiger partial charge in [-0.15, -0.1) is 0 Å². The monoisotopic (exact) mass is 574 g/mol. The second-order valence-corrected chi connectivity index (χ2v) is 13.0. The molecule has 1 unspecified atom stereocenters. The number of fused-ring (bicyclic) bond motifs is 2. The first-order valence-corrected chi connectivity index (χ1v) is 15.0. The van der Waals surface area contributed by atoms with E-state index < -0.39 is 16.1 Å². The Morgan fingerprint density at radius 2 is 2.03 bits per heavy atom. The first kappa shape index (κ1) is 26.3. The van der Waals surface area contributed by atoms with E-state index in [4.69, 9.17) is 16.0 Å². The van der Waals surface area contributed by atoms with Crippen molar-refractivity contribution in [2.75, 3.05) is 39.8 Å². The van der Waals surface area contributed by atoms with E-state index >= 15 is 0 Å². The summed E-state index contributed by atoms with van der Waals surface area (Å²) in [7, 11) is -1.89. The molecule has 2 aromatic heterocycles. The molecule has 1 aliphatic carbocycles. The number of aromatic amines is 1. The van der Waals surface area contributed by atoms with Crippen LogP contribution in [-0.2, 0) is 27.8 Å². The molecule has 39 heavy (non-hydrogen) atoms. The molecule has 0 bridgehead atoms. The van der Waals surface area contributed by atoms with Crippen LogP contribution in [0.2, 0.25) is 5.02 Å². The number of H-pyrrole nitrogens is 1. The van der Waals surface area contributed by atoms with Crippen molar-refractivity contribution >= 4 is 44.3 Å². The molecule has 2 amide bonds. The van der Waals surface area contributed by atoms with Crippen LogP contribution in [0.25, 0.3) is 10.9 Å². The van der Waals surface area contributed by atoms with Gasteiger partial charge in [0, 0.05) is 67.0 Å². The fourth-order valence-corrected chi connectivity index (χ4v) is 6.97. The Kier molecular flexibility index (Phi) is 6.90. The van der Waals surface area contributed by atoms with Crippen LogP contribution >= 0.6 is 11.6 Å². The minimum Gasteiger partial charge on any atom is -0.436 e. The van der Waals surface area contributed by atoms with E-state index in [1.807, 2.05) is 7.05 Å². The number of piperazine rings is 1. The molecule has 2 aliphatic heterocycles. The molecule has 1 saturated heterocycles. The number of amides is 2. The van der Waals surface area contributed by atoms with Crippen molar-refractivity contribution in [1.82, 2.24) is 29.4 Å². The Labute approximate surface area is 231 Å². The molecule has 6 rings (SSSR count). The van der Waals surface area contributed by atoms with Gasteiger partial charge in [-0.2, -0.15) is 4.31 Å². The van der Waals surface area contributed by atoms with Gasteiger partial charge in [0.15, 0.2) is 0 Å². The SMILES string of the molecule is CN1CCc2nc(C(=O)N3CCN(S(=O)(=O)c4cc5cc(Cl)ccc5[nH]4)CC3CCNC(=O)C3CC3)oc2C1. The number of hydrogen-bond donors (Lipinski definition) is 2. The number of carbonyl (C=O) groups is 2. The molecule has 11 nitrogen and oxygen atoms in total. The van der Waals surface area contributed by atoms with Gasteiger partial charge in [-0.05, 0) is 50.6 Å². The van der Waals surface area contributed by atoms with Gasteiger partial charge in [0.1, 0.15) is 10.8 Å². The fourth-order valence-electron chi connectivity index (χ4n) is 5.30. The Morgan fingerprint density at radius 3 is 2.82 bits per heavy atom. The number of nitrogens with zero attached hydrogens (tertiary/aromatic N) is 4. The number of carbonyl (C=O) groups excluding carboxylic acids is 2. The number of benzene rings is 1. The Morgan fingerprint density at radius 1 is 1.21 bits per heavy atom. The highest BCUT2D eigenvalue weighted by atomic mass is 35.5. The number of nitrogens with one attached hydrogen (secondary N) is 2. The van der Waals surface area contributed by atoms with E-state index in [1.165, 1.54) is 4.31 Å². The summed E-state index contributed by atoms with van der Waals surface area (Å²) in [5.74, 6) is 0.446. The van der Waals surface area contributed by atoms with Gasteiger partial charge in [-0.3, -0.25) is 14.5 Å². The molecule has 2 fully saturated rings. The summed E-state index contributed by atoms with van der Waals surface area (Å²) in [6.45, 7) is 2.17. The van der Waals surface area contributed by atoms with Gasteiger partial charge in [0.2, 0.25) is 5.91 Å². The topological polar surface area (TPSA) is 132 Å². The maximum atomic E-state index is 13.6. The highest BCUT2D eigenvalue weighted by Crippen LogP contribution is 2.29. The first-order valence-electron chi connectivity index (χ1n) is 13.2. The summed E-state index contributed by atoms with van der Waals surface area (Å²) >= 11 is 6.08. The smallest absolute Gasteiger partial charge is 0.310 e. The average molecular weight is 575 g/mol. The number of oxazole rings is 1. The van der Waals surface area contributed by atoms with Crippen LogP contribution in [0.1, 0.15) is 41.4 Å². The molecule has 2 N–H and O–H groups in total. The number of sulfonamides is 1. The predicted molar refractivity (Wildman–Crippen MR) is 144 cm³/mol. The number of hydrogen-bond acceptors (Lipinski definition) is 7. The van der Waals surface area contributed by atoms with Crippen molar-refractivity contribution in [3.8, 4) is 0 Å². The summed E-state index contributed by atoms with van der Waals surface area (Å²) in [5.41, 5.74) is 1.47. The molecular formula is C26H31ClN6O5S. The second-order valence-electron chi connectivity index (χ2n) is 10.6. The van der Waals surface area contributed by atoms with Gasteiger partial charge in [-0.25, -0.2) is 13.4 Å². The standard InChI is InChI=1S/C26H31ClN6O5S/c1-31-9-7-21-22(15-31)38-25(30-21)26(35)33-11-10-32(14-19(33)6-8-28-24(34)16-2-3-16)39(36,37)23-13-17-12-18(27)4-5-20(17)29-23/h4-5,12-13,16,19,29H,2-3,6-11,14-15H2,1H3,(H,28,34). The normalized spacial score (nSPS) is 20.8. The zero-order valence-electron chi connectivity index (χ0n) is 21.7. The summed E-state index contributed by atoms with van der Waals surface area (Å²) in [5, 5.41) is 4.23. The number of rotatable bonds is 7. The third kappa shape index (κ3) is 5.30. The number of aromatic nitrogens is 2. The van der Waals surface area contributed by atoms with Gasteiger partial charge in [0.25, 0.3) is 15.9 Å². The molecule has 3 aromatic rings. The summed E-state index contributed by atoms with van der Waals surface area (Å²) in [6.07, 6.45) is 2.90. The van der Waals surface area contributed by atoms with Crippen LogP contribution in [0.15, 0.2) is 33.7 Å². The lowest BCUT2D eigenvalue weighted by molar-refractivity contribution is -0.122. The molecule has 1 aromatic carbocycles. The van der Waals surface area contributed by atoms with Crippen molar-refractivity contribution in [3.63, 3.8) is 0 Å². The number of likely N-dealkylation sites (N-methyl/N-ethyl adjacent to an activating group) is 1. The molecule has 1 saturated carbocycles. The Hall–Kier alpha value is -2.93. The average Bonchev–Trinajstić information content (AvgIpc) is 3.54. The van der Waals surface area contributed by atoms with Crippen molar-refractivity contribution in [2.45, 2.75) is 43.3 Å². The van der Waals surface area contributed by atoms with Gasteiger partial charge < -0.3 is 19.6 Å². The summed E-state index contributed by atoms with van der Waals surface area (Å²) in [6, 6.07) is 6.26. The van der Waals surface area contributed by atoms with Crippen molar-refractivity contribution in [2.24, 2.45) is 5.92 Å². The highest BCUT2D eigenvalue weighted by molar-refractivity contribution is 7.89. The number of halogens is 1. The van der Waals surface area contributed by atoms with E-state index in [0.717, 1.165) is 25.1 Å². The lowest BCUT2D eigenvalue weighted by Crippen LogP contribution is -2.57. The van der Waals surface area contributed by atoms with E-state index in [-0.39, 0.29) is 48.3 Å². The largest absolute Gasteiger partial charge is 0.436 e. The lowest BCUT2D eigenvalue weighted by Gasteiger charge is -2.40. The van der Waals surface area contributed by atoms with E-state index in [2.05, 4.69) is 20.2 Å². The molecule has 208 valence electrons. The van der Waals surface area contributed by atoms with Crippen LogP contribution < -0.4 is 5.32 Å². The van der Waals surface area contributed by atoms with Crippen molar-refractivity contribution in [3.05, 3.63) is 46.6 Å². The summed E-state index contributed by atoms with van der Waals surface area (Å²) < 4.78 is 34.5. The summed E-state index contributed by atoms with van der Waals surface area (Å²) in [4.78, 5) is 37.0. The zero-order chi connectivity index (χ0) is 27.3. The quantitative estimate of drug-likeness (QED) is 0.442. The lowest BCUT2D eigenvalue weighted by atomic mass is 10.1. The molecular weight excluding hydrogens is 544 g/mol. The third-order valence-electron chi connectivity index (χ3n) is 7.71. The highest BCUT2D eigenvalue weighted by Gasteiger charge is 2.39. The van der Waals surface area contributed by atoms with Gasteiger partial charge >= 0.3 is 5.91 Å². The fraction of sp³-hybridized carbons (Fsp3) is 0.500. The van der Waals surface area contributed by atoms with Gasteiger partial charge in [0.05, 0.1) is 12.2 Å². The van der Waals surface area contributed by atoms with Gasteiger partial charge in [-0.1, -0.05) is 11.6 Å². The third-order valence-corrected chi connectivity index (χ3v) is 9.73. The molecule has 1 atom stereocenters. The molecule has 13 heteroatoms. The van der Waals surface area contributed by atoms with E-state index in [9.17, 15) is 18.0 Å². The minimum absolute atomic E-state index is 0.00870. The van der Waals surface area contributed by atoms with E-state index in [0.29, 0.717) is 47.6 Å². The maximum absolute atomic E-state index is 13.6. The maximum Gasteiger partial charge on any atom is 0.310 e. The van der Waals surface area contributed by atoms with Crippen LogP contribution in [0.4, 0.5) is 0 Å². The Balaban J connectivity index is 1.22. The second kappa shape index (κ2) is 10.2. The zero-order valence-corrected chi connectivity index (χ0v) is 23.2. The molecule has 0 spiro atoms.